The summed E-state index contributed by atoms with van der Waals surface area (Å²) in [4.78, 5) is 11.9. The molecule has 6 heteroatoms. The van der Waals surface area contributed by atoms with E-state index in [-0.39, 0.29) is 11.7 Å². The maximum atomic E-state index is 11.9. The van der Waals surface area contributed by atoms with Crippen molar-refractivity contribution in [2.45, 2.75) is 6.92 Å². The molecular weight excluding hydrogens is 400 g/mol. The minimum atomic E-state index is -0.333. The third-order valence-corrected chi connectivity index (χ3v) is 3.60. The number of aryl methyl sites for hydroxylation is 1. The van der Waals surface area contributed by atoms with Crippen LogP contribution in [0.4, 0.5) is 0 Å². The Labute approximate surface area is 139 Å². The first kappa shape index (κ1) is 15.7. The molecule has 0 fully saturated rings. The van der Waals surface area contributed by atoms with Crippen molar-refractivity contribution in [3.05, 3.63) is 62.0 Å². The van der Waals surface area contributed by atoms with Crippen LogP contribution in [0, 0.1) is 6.92 Å². The predicted molar refractivity (Wildman–Crippen MR) is 89.7 cm³/mol. The van der Waals surface area contributed by atoms with Gasteiger partial charge in [0.2, 0.25) is 0 Å². The summed E-state index contributed by atoms with van der Waals surface area (Å²) < 4.78 is 1.59. The van der Waals surface area contributed by atoms with Gasteiger partial charge in [0.15, 0.2) is 0 Å². The Balaban J connectivity index is 2.08. The fourth-order valence-electron chi connectivity index (χ4n) is 1.67. The Morgan fingerprint density at radius 2 is 1.86 bits per heavy atom. The van der Waals surface area contributed by atoms with Crippen molar-refractivity contribution in [1.82, 2.24) is 5.43 Å². The van der Waals surface area contributed by atoms with Crippen LogP contribution in [0.3, 0.4) is 0 Å². The molecule has 4 nitrogen and oxygen atoms in total. The second-order valence-corrected chi connectivity index (χ2v) is 6.25. The van der Waals surface area contributed by atoms with E-state index in [4.69, 9.17) is 0 Å². The van der Waals surface area contributed by atoms with Crippen molar-refractivity contribution in [2.24, 2.45) is 5.10 Å². The van der Waals surface area contributed by atoms with Gasteiger partial charge in [0, 0.05) is 20.1 Å². The summed E-state index contributed by atoms with van der Waals surface area (Å²) in [7, 11) is 0. The highest BCUT2D eigenvalue weighted by Gasteiger charge is 2.06. The number of hydrazone groups is 1. The average molecular weight is 412 g/mol. The average Bonchev–Trinajstić information content (AvgIpc) is 2.40. The van der Waals surface area contributed by atoms with E-state index in [9.17, 15) is 9.90 Å². The third kappa shape index (κ3) is 4.41. The summed E-state index contributed by atoms with van der Waals surface area (Å²) in [5.41, 5.74) is 4.38. The Hall–Kier alpha value is -1.66. The van der Waals surface area contributed by atoms with Crippen molar-refractivity contribution in [1.29, 1.82) is 0 Å². The van der Waals surface area contributed by atoms with Gasteiger partial charge in [-0.3, -0.25) is 4.79 Å². The molecule has 2 aromatic carbocycles. The lowest BCUT2D eigenvalue weighted by Crippen LogP contribution is -2.17. The lowest BCUT2D eigenvalue weighted by atomic mass is 10.1. The summed E-state index contributed by atoms with van der Waals surface area (Å²) in [6, 6.07) is 10.4. The van der Waals surface area contributed by atoms with Crippen LogP contribution in [0.5, 0.6) is 5.75 Å². The lowest BCUT2D eigenvalue weighted by Gasteiger charge is -2.03. The fraction of sp³-hybridized carbons (Fsp3) is 0.0667. The zero-order chi connectivity index (χ0) is 15.4. The van der Waals surface area contributed by atoms with Crippen LogP contribution < -0.4 is 5.43 Å². The van der Waals surface area contributed by atoms with Crippen molar-refractivity contribution >= 4 is 44.0 Å². The predicted octanol–water partition coefficient (Wildman–Crippen LogP) is 3.99. The van der Waals surface area contributed by atoms with Gasteiger partial charge < -0.3 is 5.11 Å². The Morgan fingerprint density at radius 3 is 2.48 bits per heavy atom. The first-order valence-corrected chi connectivity index (χ1v) is 7.63. The quantitative estimate of drug-likeness (QED) is 0.592. The number of phenolic OH excluding ortho intramolecular Hbond substituents is 1. The minimum absolute atomic E-state index is 0.123. The van der Waals surface area contributed by atoms with E-state index in [0.29, 0.717) is 11.1 Å². The number of aromatic hydroxyl groups is 1. The van der Waals surface area contributed by atoms with Crippen molar-refractivity contribution < 1.29 is 9.90 Å². The highest BCUT2D eigenvalue weighted by Crippen LogP contribution is 2.20. The fourth-order valence-corrected chi connectivity index (χ4v) is 2.97. The molecule has 0 aliphatic rings. The second-order valence-electron chi connectivity index (χ2n) is 4.42. The number of amides is 1. The molecule has 0 atom stereocenters. The number of hydrogen-bond donors (Lipinski definition) is 2. The number of nitrogens with zero attached hydrogens (tertiary/aromatic N) is 1. The van der Waals surface area contributed by atoms with Gasteiger partial charge in [-0.2, -0.15) is 5.10 Å². The minimum Gasteiger partial charge on any atom is -0.507 e. The van der Waals surface area contributed by atoms with Gasteiger partial charge in [-0.25, -0.2) is 5.43 Å². The van der Waals surface area contributed by atoms with Crippen LogP contribution in [0.2, 0.25) is 0 Å². The first-order chi connectivity index (χ1) is 9.95. The maximum absolute atomic E-state index is 11.9. The van der Waals surface area contributed by atoms with Gasteiger partial charge in [0.25, 0.3) is 5.91 Å². The normalized spacial score (nSPS) is 10.8. The number of phenols is 1. The van der Waals surface area contributed by atoms with Crippen LogP contribution in [-0.4, -0.2) is 17.2 Å². The number of hydrogen-bond acceptors (Lipinski definition) is 3. The zero-order valence-electron chi connectivity index (χ0n) is 11.1. The van der Waals surface area contributed by atoms with Gasteiger partial charge in [-0.15, -0.1) is 0 Å². The Morgan fingerprint density at radius 1 is 1.19 bits per heavy atom. The molecule has 2 N–H and O–H groups in total. The molecule has 0 bridgehead atoms. The topological polar surface area (TPSA) is 61.7 Å². The van der Waals surface area contributed by atoms with Crippen LogP contribution in [0.15, 0.2) is 50.4 Å². The summed E-state index contributed by atoms with van der Waals surface area (Å²) in [5.74, 6) is -0.210. The molecule has 0 radical (unpaired) electrons. The molecule has 21 heavy (non-hydrogen) atoms. The molecule has 0 saturated carbocycles. The third-order valence-electron chi connectivity index (χ3n) is 2.68. The molecule has 2 rings (SSSR count). The summed E-state index contributed by atoms with van der Waals surface area (Å²) in [6.45, 7) is 1.88. The smallest absolute Gasteiger partial charge is 0.271 e. The number of carbonyl (C=O) groups is 1. The highest BCUT2D eigenvalue weighted by atomic mass is 79.9. The molecule has 0 aliphatic carbocycles. The van der Waals surface area contributed by atoms with Gasteiger partial charge in [0.1, 0.15) is 5.75 Å². The Bertz CT molecular complexity index is 695. The molecule has 0 saturated heterocycles. The van der Waals surface area contributed by atoms with E-state index in [1.54, 1.807) is 24.3 Å². The second kappa shape index (κ2) is 6.87. The Kier molecular flexibility index (Phi) is 5.14. The molecule has 0 heterocycles. The van der Waals surface area contributed by atoms with Crippen molar-refractivity contribution in [3.8, 4) is 5.75 Å². The van der Waals surface area contributed by atoms with Gasteiger partial charge in [-0.05, 0) is 42.8 Å². The maximum Gasteiger partial charge on any atom is 0.271 e. The number of benzene rings is 2. The molecule has 0 unspecified atom stereocenters. The van der Waals surface area contributed by atoms with Gasteiger partial charge >= 0.3 is 0 Å². The van der Waals surface area contributed by atoms with E-state index in [1.165, 1.54) is 6.21 Å². The largest absolute Gasteiger partial charge is 0.507 e. The van der Waals surface area contributed by atoms with Gasteiger partial charge in [0.05, 0.1) is 6.21 Å². The van der Waals surface area contributed by atoms with Gasteiger partial charge in [-0.1, -0.05) is 37.9 Å². The molecule has 2 aromatic rings. The van der Waals surface area contributed by atoms with E-state index < -0.39 is 0 Å². The summed E-state index contributed by atoms with van der Waals surface area (Å²) in [6.07, 6.45) is 1.40. The summed E-state index contributed by atoms with van der Waals surface area (Å²) >= 11 is 6.64. The number of halogens is 2. The standard InChI is InChI=1S/C15H12Br2N2O2/c1-9-2-3-10(14(20)4-9)8-18-19-15(21)11-5-12(16)7-13(17)6-11/h2-8,20H,1H3,(H,19,21)/b18-8+. The van der Waals surface area contributed by atoms with Crippen molar-refractivity contribution in [3.63, 3.8) is 0 Å². The molecule has 108 valence electrons. The molecule has 0 aliphatic heterocycles. The first-order valence-electron chi connectivity index (χ1n) is 6.05. The summed E-state index contributed by atoms with van der Waals surface area (Å²) in [5, 5.41) is 13.6. The van der Waals surface area contributed by atoms with Crippen LogP contribution >= 0.6 is 31.9 Å². The van der Waals surface area contributed by atoms with Crippen molar-refractivity contribution in [2.75, 3.05) is 0 Å². The number of carbonyl (C=O) groups excluding carboxylic acids is 1. The van der Waals surface area contributed by atoms with E-state index >= 15 is 0 Å². The lowest BCUT2D eigenvalue weighted by molar-refractivity contribution is 0.0955. The van der Waals surface area contributed by atoms with Crippen LogP contribution in [-0.2, 0) is 0 Å². The van der Waals surface area contributed by atoms with Crippen LogP contribution in [0.25, 0.3) is 0 Å². The zero-order valence-corrected chi connectivity index (χ0v) is 14.3. The van der Waals surface area contributed by atoms with E-state index in [2.05, 4.69) is 42.4 Å². The number of rotatable bonds is 3. The van der Waals surface area contributed by atoms with Crippen LogP contribution in [0.1, 0.15) is 21.5 Å². The van der Waals surface area contributed by atoms with E-state index in [1.807, 2.05) is 19.1 Å². The SMILES string of the molecule is Cc1ccc(/C=N/NC(=O)c2cc(Br)cc(Br)c2)c(O)c1. The number of nitrogens with one attached hydrogen (secondary N) is 1. The van der Waals surface area contributed by atoms with E-state index in [0.717, 1.165) is 14.5 Å². The molecule has 1 amide bonds. The molecular formula is C15H12Br2N2O2. The highest BCUT2D eigenvalue weighted by molar-refractivity contribution is 9.11. The molecule has 0 aromatic heterocycles. The monoisotopic (exact) mass is 410 g/mol. The molecule has 0 spiro atoms.